The zero-order valence-corrected chi connectivity index (χ0v) is 10.8. The van der Waals surface area contributed by atoms with Gasteiger partial charge in [-0.15, -0.1) is 0 Å². The first-order chi connectivity index (χ1) is 8.10. The van der Waals surface area contributed by atoms with E-state index in [0.717, 1.165) is 12.8 Å². The smallest absolute Gasteiger partial charge is 0.0991 e. The van der Waals surface area contributed by atoms with Crippen molar-refractivity contribution in [3.05, 3.63) is 33.8 Å². The van der Waals surface area contributed by atoms with Gasteiger partial charge in [0, 0.05) is 5.56 Å². The molecule has 2 rings (SSSR count). The van der Waals surface area contributed by atoms with Crippen LogP contribution in [0.25, 0.3) is 0 Å². The molecule has 1 saturated carbocycles. The van der Waals surface area contributed by atoms with E-state index in [2.05, 4.69) is 6.07 Å². The minimum Gasteiger partial charge on any atom is -0.387 e. The number of halogens is 2. The topological polar surface area (TPSA) is 44.0 Å². The Morgan fingerprint density at radius 1 is 1.29 bits per heavy atom. The van der Waals surface area contributed by atoms with Crippen LogP contribution < -0.4 is 0 Å². The van der Waals surface area contributed by atoms with Gasteiger partial charge in [-0.25, -0.2) is 0 Å². The second-order valence-electron chi connectivity index (χ2n) is 4.52. The highest BCUT2D eigenvalue weighted by molar-refractivity contribution is 6.42. The molecule has 0 bridgehead atoms. The summed E-state index contributed by atoms with van der Waals surface area (Å²) in [4.78, 5) is 0. The number of hydrogen-bond acceptors (Lipinski definition) is 2. The molecule has 17 heavy (non-hydrogen) atoms. The summed E-state index contributed by atoms with van der Waals surface area (Å²) in [6.45, 7) is 0. The van der Waals surface area contributed by atoms with Crippen molar-refractivity contribution in [2.75, 3.05) is 0 Å². The Morgan fingerprint density at radius 2 is 1.94 bits per heavy atom. The Labute approximate surface area is 111 Å². The Hall–Kier alpha value is -0.750. The van der Waals surface area contributed by atoms with E-state index >= 15 is 0 Å². The maximum absolute atomic E-state index is 10.4. The number of nitriles is 1. The van der Waals surface area contributed by atoms with Crippen molar-refractivity contribution >= 4 is 23.2 Å². The molecule has 1 aromatic carbocycles. The molecule has 2 nitrogen and oxygen atoms in total. The Morgan fingerprint density at radius 3 is 2.53 bits per heavy atom. The molecule has 1 N–H and O–H groups in total. The molecule has 0 aromatic heterocycles. The zero-order valence-electron chi connectivity index (χ0n) is 9.29. The number of hydrogen-bond donors (Lipinski definition) is 1. The first kappa shape index (κ1) is 12.7. The van der Waals surface area contributed by atoms with Crippen LogP contribution in [-0.2, 0) is 0 Å². The van der Waals surface area contributed by atoms with E-state index in [1.54, 1.807) is 18.2 Å². The summed E-state index contributed by atoms with van der Waals surface area (Å²) in [5.74, 6) is 0. The van der Waals surface area contributed by atoms with Crippen molar-refractivity contribution < 1.29 is 5.11 Å². The number of nitrogens with zero attached hydrogens (tertiary/aromatic N) is 1. The van der Waals surface area contributed by atoms with Gasteiger partial charge in [-0.05, 0) is 18.9 Å². The molecular weight excluding hydrogens is 257 g/mol. The largest absolute Gasteiger partial charge is 0.387 e. The summed E-state index contributed by atoms with van der Waals surface area (Å²) in [6, 6.07) is 7.42. The molecule has 0 saturated heterocycles. The van der Waals surface area contributed by atoms with Gasteiger partial charge in [0.25, 0.3) is 0 Å². The lowest BCUT2D eigenvalue weighted by molar-refractivity contribution is 0.0672. The monoisotopic (exact) mass is 269 g/mol. The lowest BCUT2D eigenvalue weighted by atomic mass is 9.79. The minimum absolute atomic E-state index is 0.350. The van der Waals surface area contributed by atoms with Crippen LogP contribution in [0.4, 0.5) is 0 Å². The third-order valence-electron chi connectivity index (χ3n) is 3.52. The summed E-state index contributed by atoms with van der Waals surface area (Å²) < 4.78 is 0. The van der Waals surface area contributed by atoms with Crippen LogP contribution >= 0.6 is 23.2 Å². The molecule has 0 heterocycles. The van der Waals surface area contributed by atoms with Crippen LogP contribution in [0, 0.1) is 16.7 Å². The molecule has 1 aromatic rings. The van der Waals surface area contributed by atoms with Gasteiger partial charge >= 0.3 is 0 Å². The number of rotatable bonds is 2. The highest BCUT2D eigenvalue weighted by atomic mass is 35.5. The molecule has 1 atom stereocenters. The average Bonchev–Trinajstić information content (AvgIpc) is 2.82. The average molecular weight is 270 g/mol. The van der Waals surface area contributed by atoms with Gasteiger partial charge in [-0.3, -0.25) is 0 Å². The van der Waals surface area contributed by atoms with Gasteiger partial charge in [-0.1, -0.05) is 48.2 Å². The fourth-order valence-electron chi connectivity index (χ4n) is 2.48. The summed E-state index contributed by atoms with van der Waals surface area (Å²) in [5, 5.41) is 20.5. The van der Waals surface area contributed by atoms with Gasteiger partial charge in [0.05, 0.1) is 27.6 Å². The third kappa shape index (κ3) is 2.15. The molecule has 1 aliphatic rings. The number of aliphatic hydroxyl groups is 1. The van der Waals surface area contributed by atoms with Crippen LogP contribution in [0.15, 0.2) is 18.2 Å². The minimum atomic E-state index is -0.860. The van der Waals surface area contributed by atoms with Crippen molar-refractivity contribution in [1.29, 1.82) is 5.26 Å². The summed E-state index contributed by atoms with van der Waals surface area (Å²) in [5.41, 5.74) is -0.142. The van der Waals surface area contributed by atoms with Gasteiger partial charge in [0.1, 0.15) is 0 Å². The van der Waals surface area contributed by atoms with E-state index in [9.17, 15) is 10.4 Å². The van der Waals surface area contributed by atoms with E-state index in [0.29, 0.717) is 28.5 Å². The van der Waals surface area contributed by atoms with Crippen LogP contribution in [0.2, 0.25) is 10.0 Å². The van der Waals surface area contributed by atoms with Gasteiger partial charge < -0.3 is 5.11 Å². The Kier molecular flexibility index (Phi) is 3.63. The van der Waals surface area contributed by atoms with Crippen molar-refractivity contribution in [2.45, 2.75) is 31.8 Å². The second kappa shape index (κ2) is 4.86. The SMILES string of the molecule is N#CC1(C(O)c2cccc(Cl)c2Cl)CCCC1. The van der Waals surface area contributed by atoms with Gasteiger partial charge in [-0.2, -0.15) is 5.26 Å². The van der Waals surface area contributed by atoms with Crippen LogP contribution in [-0.4, -0.2) is 5.11 Å². The van der Waals surface area contributed by atoms with E-state index in [4.69, 9.17) is 23.2 Å². The maximum atomic E-state index is 10.4. The predicted octanol–water partition coefficient (Wildman–Crippen LogP) is 4.11. The molecule has 0 aliphatic heterocycles. The molecule has 1 fully saturated rings. The number of benzene rings is 1. The van der Waals surface area contributed by atoms with Crippen molar-refractivity contribution in [1.82, 2.24) is 0 Å². The summed E-state index contributed by atoms with van der Waals surface area (Å²) >= 11 is 12.0. The predicted molar refractivity (Wildman–Crippen MR) is 67.9 cm³/mol. The Bertz CT molecular complexity index is 461. The van der Waals surface area contributed by atoms with Crippen molar-refractivity contribution in [3.63, 3.8) is 0 Å². The first-order valence-corrected chi connectivity index (χ1v) is 6.39. The fraction of sp³-hybridized carbons (Fsp3) is 0.462. The standard InChI is InChI=1S/C13H13Cl2NO/c14-10-5-3-4-9(11(10)15)12(17)13(8-16)6-1-2-7-13/h3-5,12,17H,1-2,6-7H2. The lowest BCUT2D eigenvalue weighted by Crippen LogP contribution is -2.24. The van der Waals surface area contributed by atoms with Crippen molar-refractivity contribution in [2.24, 2.45) is 5.41 Å². The van der Waals surface area contributed by atoms with Crippen molar-refractivity contribution in [3.8, 4) is 6.07 Å². The summed E-state index contributed by atoms with van der Waals surface area (Å²) in [6.07, 6.45) is 2.52. The Balaban J connectivity index is 2.40. The maximum Gasteiger partial charge on any atom is 0.0991 e. The molecular formula is C13H13Cl2NO. The van der Waals surface area contributed by atoms with E-state index in [1.165, 1.54) is 0 Å². The van der Waals surface area contributed by atoms with Crippen LogP contribution in [0.5, 0.6) is 0 Å². The van der Waals surface area contributed by atoms with Gasteiger partial charge in [0.15, 0.2) is 0 Å². The molecule has 0 amide bonds. The second-order valence-corrected chi connectivity index (χ2v) is 5.31. The van der Waals surface area contributed by atoms with E-state index in [-0.39, 0.29) is 0 Å². The quantitative estimate of drug-likeness (QED) is 0.878. The van der Waals surface area contributed by atoms with Gasteiger partial charge in [0.2, 0.25) is 0 Å². The zero-order chi connectivity index (χ0) is 12.5. The third-order valence-corrected chi connectivity index (χ3v) is 4.35. The van der Waals surface area contributed by atoms with Crippen LogP contribution in [0.3, 0.4) is 0 Å². The molecule has 0 radical (unpaired) electrons. The van der Waals surface area contributed by atoms with Crippen LogP contribution in [0.1, 0.15) is 37.4 Å². The highest BCUT2D eigenvalue weighted by Gasteiger charge is 2.42. The molecule has 4 heteroatoms. The van der Waals surface area contributed by atoms with E-state index in [1.807, 2.05) is 0 Å². The molecule has 1 aliphatic carbocycles. The first-order valence-electron chi connectivity index (χ1n) is 5.64. The normalized spacial score (nSPS) is 19.9. The molecule has 90 valence electrons. The van der Waals surface area contributed by atoms with E-state index < -0.39 is 11.5 Å². The molecule has 1 unspecified atom stereocenters. The lowest BCUT2D eigenvalue weighted by Gasteiger charge is -2.28. The highest BCUT2D eigenvalue weighted by Crippen LogP contribution is 2.48. The number of aliphatic hydroxyl groups excluding tert-OH is 1. The molecule has 0 spiro atoms. The fourth-order valence-corrected chi connectivity index (χ4v) is 2.89. The summed E-state index contributed by atoms with van der Waals surface area (Å²) in [7, 11) is 0.